The summed E-state index contributed by atoms with van der Waals surface area (Å²) in [6.07, 6.45) is 0. The number of rotatable bonds is 4. The summed E-state index contributed by atoms with van der Waals surface area (Å²) in [5.74, 6) is 1.91. The number of hydrogen-bond acceptors (Lipinski definition) is 4. The van der Waals surface area contributed by atoms with E-state index >= 15 is 0 Å². The number of hydrogen-bond donors (Lipinski definition) is 0. The van der Waals surface area contributed by atoms with Gasteiger partial charge in [-0.25, -0.2) is 15.0 Å². The molecular weight excluding hydrogens is 502 g/mol. The Morgan fingerprint density at radius 3 is 1.85 bits per heavy atom. The fourth-order valence-corrected chi connectivity index (χ4v) is 5.49. The van der Waals surface area contributed by atoms with Crippen LogP contribution in [0.1, 0.15) is 0 Å². The maximum atomic E-state index is 6.29. The molecule has 0 fully saturated rings. The zero-order valence-corrected chi connectivity index (χ0v) is 22.0. The van der Waals surface area contributed by atoms with Crippen molar-refractivity contribution in [2.75, 3.05) is 0 Å². The summed E-state index contributed by atoms with van der Waals surface area (Å²) in [5, 5.41) is 4.35. The minimum atomic E-state index is 0.624. The monoisotopic (exact) mass is 525 g/mol. The van der Waals surface area contributed by atoms with Crippen LogP contribution in [0.2, 0.25) is 0 Å². The molecule has 0 aliphatic heterocycles. The molecule has 8 aromatic rings. The molecule has 0 bridgehead atoms. The van der Waals surface area contributed by atoms with E-state index in [0.717, 1.165) is 60.5 Å². The maximum absolute atomic E-state index is 6.29. The molecule has 0 saturated heterocycles. The first kappa shape index (κ1) is 23.3. The van der Waals surface area contributed by atoms with Gasteiger partial charge in [-0.15, -0.1) is 0 Å². The second kappa shape index (κ2) is 9.54. The Morgan fingerprint density at radius 1 is 0.366 bits per heavy atom. The fourth-order valence-electron chi connectivity index (χ4n) is 5.49. The summed E-state index contributed by atoms with van der Waals surface area (Å²) >= 11 is 0. The maximum Gasteiger partial charge on any atom is 0.164 e. The van der Waals surface area contributed by atoms with Crippen LogP contribution >= 0.6 is 0 Å². The second-order valence-electron chi connectivity index (χ2n) is 10.1. The highest BCUT2D eigenvalue weighted by Gasteiger charge is 2.16. The van der Waals surface area contributed by atoms with Crippen molar-refractivity contribution in [1.82, 2.24) is 15.0 Å². The lowest BCUT2D eigenvalue weighted by Crippen LogP contribution is -2.00. The number of nitrogens with zero attached hydrogens (tertiary/aromatic N) is 3. The third-order valence-electron chi connectivity index (χ3n) is 7.53. The molecule has 0 saturated carbocycles. The third-order valence-corrected chi connectivity index (χ3v) is 7.53. The first-order chi connectivity index (χ1) is 20.3. The van der Waals surface area contributed by atoms with Crippen molar-refractivity contribution in [3.8, 4) is 45.3 Å². The molecule has 2 heterocycles. The van der Waals surface area contributed by atoms with Crippen molar-refractivity contribution in [2.45, 2.75) is 0 Å². The van der Waals surface area contributed by atoms with Crippen molar-refractivity contribution >= 4 is 32.7 Å². The zero-order chi connectivity index (χ0) is 27.2. The molecule has 0 aliphatic rings. The van der Waals surface area contributed by atoms with Crippen molar-refractivity contribution in [1.29, 1.82) is 0 Å². The molecule has 6 aromatic carbocycles. The van der Waals surface area contributed by atoms with Crippen LogP contribution in [0.25, 0.3) is 78.0 Å². The SMILES string of the molecule is c1ccc(-c2ccc3c(c2)oc2ccc(-c4nc(-c5ccccc5)nc(-c5cccc6ccccc56)n4)cc23)cc1. The molecule has 192 valence electrons. The van der Waals surface area contributed by atoms with Gasteiger partial charge in [0.25, 0.3) is 0 Å². The molecule has 0 radical (unpaired) electrons. The minimum absolute atomic E-state index is 0.624. The summed E-state index contributed by atoms with van der Waals surface area (Å²) in [4.78, 5) is 14.9. The van der Waals surface area contributed by atoms with Gasteiger partial charge in [0, 0.05) is 27.5 Å². The van der Waals surface area contributed by atoms with Crippen LogP contribution in [-0.4, -0.2) is 15.0 Å². The molecule has 0 amide bonds. The van der Waals surface area contributed by atoms with Crippen LogP contribution in [0.4, 0.5) is 0 Å². The van der Waals surface area contributed by atoms with E-state index in [-0.39, 0.29) is 0 Å². The van der Waals surface area contributed by atoms with Gasteiger partial charge in [0.1, 0.15) is 11.2 Å². The second-order valence-corrected chi connectivity index (χ2v) is 10.1. The molecule has 0 unspecified atom stereocenters. The van der Waals surface area contributed by atoms with E-state index in [0.29, 0.717) is 17.5 Å². The third kappa shape index (κ3) is 4.14. The molecule has 0 aliphatic carbocycles. The highest BCUT2D eigenvalue weighted by molar-refractivity contribution is 6.07. The molecule has 2 aromatic heterocycles. The van der Waals surface area contributed by atoms with Gasteiger partial charge in [0.15, 0.2) is 17.5 Å². The quantitative estimate of drug-likeness (QED) is 0.230. The van der Waals surface area contributed by atoms with Crippen LogP contribution in [-0.2, 0) is 0 Å². The summed E-state index contributed by atoms with van der Waals surface area (Å²) < 4.78 is 6.29. The molecule has 8 rings (SSSR count). The van der Waals surface area contributed by atoms with Crippen LogP contribution in [0.5, 0.6) is 0 Å². The van der Waals surface area contributed by atoms with E-state index in [1.54, 1.807) is 0 Å². The Kier molecular flexibility index (Phi) is 5.42. The van der Waals surface area contributed by atoms with Crippen molar-refractivity contribution < 1.29 is 4.42 Å². The average molecular weight is 526 g/mol. The normalized spacial score (nSPS) is 11.4. The first-order valence-corrected chi connectivity index (χ1v) is 13.6. The number of fused-ring (bicyclic) bond motifs is 4. The van der Waals surface area contributed by atoms with Crippen molar-refractivity contribution in [3.05, 3.63) is 140 Å². The smallest absolute Gasteiger partial charge is 0.164 e. The van der Waals surface area contributed by atoms with Gasteiger partial charge in [-0.05, 0) is 52.2 Å². The molecule has 0 atom stereocenters. The highest BCUT2D eigenvalue weighted by Crippen LogP contribution is 2.35. The first-order valence-electron chi connectivity index (χ1n) is 13.6. The Morgan fingerprint density at radius 2 is 1.02 bits per heavy atom. The van der Waals surface area contributed by atoms with Crippen LogP contribution < -0.4 is 0 Å². The van der Waals surface area contributed by atoms with Gasteiger partial charge in [-0.3, -0.25) is 0 Å². The summed E-state index contributed by atoms with van der Waals surface area (Å²) in [5.41, 5.74) is 6.81. The molecule has 0 spiro atoms. The minimum Gasteiger partial charge on any atom is -0.456 e. The highest BCUT2D eigenvalue weighted by atomic mass is 16.3. The Balaban J connectivity index is 1.31. The van der Waals surface area contributed by atoms with Gasteiger partial charge in [-0.2, -0.15) is 0 Å². The lowest BCUT2D eigenvalue weighted by molar-refractivity contribution is 0.669. The topological polar surface area (TPSA) is 51.8 Å². The van der Waals surface area contributed by atoms with Crippen LogP contribution in [0, 0.1) is 0 Å². The largest absolute Gasteiger partial charge is 0.456 e. The number of furan rings is 1. The van der Waals surface area contributed by atoms with E-state index in [9.17, 15) is 0 Å². The molecule has 41 heavy (non-hydrogen) atoms. The van der Waals surface area contributed by atoms with E-state index in [1.807, 2.05) is 60.7 Å². The van der Waals surface area contributed by atoms with Gasteiger partial charge in [0.05, 0.1) is 0 Å². The lowest BCUT2D eigenvalue weighted by atomic mass is 10.0. The zero-order valence-electron chi connectivity index (χ0n) is 22.0. The Bertz CT molecular complexity index is 2200. The van der Waals surface area contributed by atoms with Gasteiger partial charge < -0.3 is 4.42 Å². The van der Waals surface area contributed by atoms with Gasteiger partial charge in [-0.1, -0.05) is 109 Å². The van der Waals surface area contributed by atoms with Gasteiger partial charge in [0.2, 0.25) is 0 Å². The molecule has 0 N–H and O–H groups in total. The number of benzene rings is 6. The predicted octanol–water partition coefficient (Wildman–Crippen LogP) is 9.59. The standard InChI is InChI=1S/C37H23N3O/c1-3-10-24(11-4-1)27-18-20-30-32-22-28(19-21-33(32)41-34(30)23-27)36-38-35(26-13-5-2-6-14-26)39-37(40-36)31-17-9-15-25-12-7-8-16-29(25)31/h1-23H. The van der Waals surface area contributed by atoms with Crippen LogP contribution in [0.3, 0.4) is 0 Å². The summed E-state index contributed by atoms with van der Waals surface area (Å²) in [7, 11) is 0. The Hall–Kier alpha value is -5.61. The summed E-state index contributed by atoms with van der Waals surface area (Å²) in [6.45, 7) is 0. The van der Waals surface area contributed by atoms with E-state index in [2.05, 4.69) is 78.9 Å². The predicted molar refractivity (Wildman–Crippen MR) is 166 cm³/mol. The Labute approximate surface area is 236 Å². The lowest BCUT2D eigenvalue weighted by Gasteiger charge is -2.10. The van der Waals surface area contributed by atoms with E-state index in [1.165, 1.54) is 0 Å². The van der Waals surface area contributed by atoms with E-state index < -0.39 is 0 Å². The molecule has 4 heteroatoms. The fraction of sp³-hybridized carbons (Fsp3) is 0. The van der Waals surface area contributed by atoms with Crippen molar-refractivity contribution in [3.63, 3.8) is 0 Å². The van der Waals surface area contributed by atoms with E-state index in [4.69, 9.17) is 19.4 Å². The number of aromatic nitrogens is 3. The summed E-state index contributed by atoms with van der Waals surface area (Å²) in [6, 6.07) is 47.5. The molecular formula is C37H23N3O. The van der Waals surface area contributed by atoms with Gasteiger partial charge >= 0.3 is 0 Å². The molecule has 4 nitrogen and oxygen atoms in total. The van der Waals surface area contributed by atoms with Crippen LogP contribution in [0.15, 0.2) is 144 Å². The van der Waals surface area contributed by atoms with Crippen molar-refractivity contribution in [2.24, 2.45) is 0 Å². The average Bonchev–Trinajstić information content (AvgIpc) is 3.42.